The van der Waals surface area contributed by atoms with Crippen molar-refractivity contribution in [3.8, 4) is 215 Å². The van der Waals surface area contributed by atoms with E-state index in [1.54, 1.807) is 12.4 Å². The number of hydrogen-bond acceptors (Lipinski definition) is 19. The van der Waals surface area contributed by atoms with Crippen LogP contribution in [0, 0.1) is 55.4 Å². The van der Waals surface area contributed by atoms with Crippen molar-refractivity contribution in [1.82, 2.24) is 94.7 Å². The predicted octanol–water partition coefficient (Wildman–Crippen LogP) is 27.7. The highest BCUT2D eigenvalue weighted by Gasteiger charge is 2.22. The third-order valence-corrected chi connectivity index (χ3v) is 23.7. The van der Waals surface area contributed by atoms with Crippen LogP contribution in [-0.4, -0.2) is 94.7 Å². The lowest BCUT2D eigenvalue weighted by Gasteiger charge is -2.14. The first kappa shape index (κ1) is 89.4. The molecule has 13 heterocycles. The van der Waals surface area contributed by atoms with E-state index in [0.717, 1.165) is 208 Å². The number of nitrogens with zero attached hydrogens (tertiary/aromatic N) is 19. The second-order valence-electron chi connectivity index (χ2n) is 34.2. The van der Waals surface area contributed by atoms with Gasteiger partial charge in [-0.2, -0.15) is 0 Å². The zero-order valence-electron chi connectivity index (χ0n) is 78.2. The second kappa shape index (κ2) is 40.8. The van der Waals surface area contributed by atoms with Gasteiger partial charge in [0.1, 0.15) is 0 Å². The van der Waals surface area contributed by atoms with E-state index in [1.807, 2.05) is 305 Å². The van der Waals surface area contributed by atoms with Gasteiger partial charge < -0.3 is 0 Å². The Hall–Kier alpha value is -18.5. The normalized spacial score (nSPS) is 11.0. The van der Waals surface area contributed by atoms with Crippen molar-refractivity contribution in [1.29, 1.82) is 0 Å². The molecule has 0 bridgehead atoms. The fraction of sp³-hybridized carbons (Fsp3) is 0.0661. The van der Waals surface area contributed by atoms with Crippen LogP contribution in [0.1, 0.15) is 45.6 Å². The summed E-state index contributed by atoms with van der Waals surface area (Å²) in [6.45, 7) is 15.9. The van der Waals surface area contributed by atoms with Crippen LogP contribution < -0.4 is 0 Å². The average molecular weight is 1810 g/mol. The third-order valence-electron chi connectivity index (χ3n) is 23.7. The summed E-state index contributed by atoms with van der Waals surface area (Å²) in [4.78, 5) is 91.5. The minimum absolute atomic E-state index is 0.526. The molecule has 0 aliphatic heterocycles. The van der Waals surface area contributed by atoms with Gasteiger partial charge in [0, 0.05) is 166 Å². The summed E-state index contributed by atoms with van der Waals surface area (Å²) in [5.74, 6) is 5.14. The van der Waals surface area contributed by atoms with Crippen LogP contribution in [0.3, 0.4) is 0 Å². The summed E-state index contributed by atoms with van der Waals surface area (Å²) in [7, 11) is 0. The summed E-state index contributed by atoms with van der Waals surface area (Å²) < 4.78 is 0. The highest BCUT2D eigenvalue weighted by atomic mass is 15.1. The molecule has 9 aromatic carbocycles. The van der Waals surface area contributed by atoms with Gasteiger partial charge in [0.2, 0.25) is 0 Å². The molecule has 13 aromatic heterocycles. The molecule has 0 spiro atoms. The van der Waals surface area contributed by atoms with E-state index in [4.69, 9.17) is 54.8 Å². The summed E-state index contributed by atoms with van der Waals surface area (Å²) in [6.07, 6.45) is 11.2. The number of pyridine rings is 10. The lowest BCUT2D eigenvalue weighted by Crippen LogP contribution is -2.01. The molecule has 0 N–H and O–H groups in total. The van der Waals surface area contributed by atoms with Gasteiger partial charge in [-0.25, -0.2) is 44.9 Å². The van der Waals surface area contributed by atoms with Gasteiger partial charge in [-0.1, -0.05) is 218 Å². The van der Waals surface area contributed by atoms with Crippen LogP contribution in [0.4, 0.5) is 0 Å². The highest BCUT2D eigenvalue weighted by Crippen LogP contribution is 2.40. The van der Waals surface area contributed by atoms with E-state index in [2.05, 4.69) is 185 Å². The molecule has 22 rings (SSSR count). The van der Waals surface area contributed by atoms with Gasteiger partial charge in [0.05, 0.1) is 34.2 Å². The van der Waals surface area contributed by atoms with Gasteiger partial charge in [-0.3, -0.25) is 49.8 Å². The minimum atomic E-state index is 0.526. The first-order valence-electron chi connectivity index (χ1n) is 46.1. The fourth-order valence-corrected chi connectivity index (χ4v) is 16.3. The molecule has 0 radical (unpaired) electrons. The molecular formula is C121H91N19. The van der Waals surface area contributed by atoms with Crippen molar-refractivity contribution < 1.29 is 0 Å². The number of aryl methyl sites for hydroxylation is 8. The van der Waals surface area contributed by atoms with E-state index in [9.17, 15) is 0 Å². The van der Waals surface area contributed by atoms with E-state index in [0.29, 0.717) is 52.4 Å². The maximum absolute atomic E-state index is 5.21. The molecule has 19 heteroatoms. The van der Waals surface area contributed by atoms with Crippen LogP contribution >= 0.6 is 0 Å². The highest BCUT2D eigenvalue weighted by molar-refractivity contribution is 5.85. The molecule has 0 unspecified atom stereocenters. The number of benzene rings is 9. The molecule has 670 valence electrons. The topological polar surface area (TPSA) is 245 Å². The SMILES string of the molecule is Cc1ccc(-c2cc(-c3ccc(C)nc3)cc(-c3nc(-c4ccccc4)nc(-c4cc(-c5ccc(C)nc5)cc(-c5ccc(C)nc5)c4)n3)c2)cn1.Cc1cccc(-c2ccc(-c3nc(-c4ccc(-c5ccccc5)cc4)nc(-c4ccc(-c5cccc(C)n5)nc4)n3)cn2)n1.Cc1cccc(-c2cccc(-c3nc(-c4cccc(-c5ccccc5)c4)nc(-c4cccc(-c5cccc(C)n5)c4)n3)c2)n1. The molecule has 0 aliphatic carbocycles. The molecule has 22 aromatic rings. The first-order chi connectivity index (χ1) is 68.5. The van der Waals surface area contributed by atoms with Crippen LogP contribution in [0.5, 0.6) is 0 Å². The van der Waals surface area contributed by atoms with Crippen molar-refractivity contribution in [3.05, 3.63) is 453 Å². The zero-order valence-corrected chi connectivity index (χ0v) is 78.2. The zero-order chi connectivity index (χ0) is 95.4. The van der Waals surface area contributed by atoms with Crippen molar-refractivity contribution in [2.24, 2.45) is 0 Å². The van der Waals surface area contributed by atoms with E-state index in [1.165, 1.54) is 0 Å². The Morgan fingerprint density at radius 3 is 0.643 bits per heavy atom. The monoisotopic (exact) mass is 1810 g/mol. The Labute approximate surface area is 812 Å². The average Bonchev–Trinajstić information content (AvgIpc) is 0.781. The lowest BCUT2D eigenvalue weighted by atomic mass is 9.96. The summed E-state index contributed by atoms with van der Waals surface area (Å²) in [5.41, 5.74) is 35.0. The van der Waals surface area contributed by atoms with E-state index in [-0.39, 0.29) is 0 Å². The summed E-state index contributed by atoms with van der Waals surface area (Å²) >= 11 is 0. The Kier molecular flexibility index (Phi) is 26.0. The maximum Gasteiger partial charge on any atom is 0.165 e. The second-order valence-corrected chi connectivity index (χ2v) is 34.2. The van der Waals surface area contributed by atoms with Crippen LogP contribution in [-0.2, 0) is 0 Å². The molecule has 0 atom stereocenters. The van der Waals surface area contributed by atoms with Crippen molar-refractivity contribution in [2.45, 2.75) is 55.4 Å². The smallest absolute Gasteiger partial charge is 0.165 e. The number of hydrogen-bond donors (Lipinski definition) is 0. The van der Waals surface area contributed by atoms with Gasteiger partial charge in [0.25, 0.3) is 0 Å². The van der Waals surface area contributed by atoms with Crippen LogP contribution in [0.2, 0.25) is 0 Å². The molecule has 0 aliphatic rings. The number of rotatable bonds is 19. The Morgan fingerprint density at radius 1 is 0.107 bits per heavy atom. The predicted molar refractivity (Wildman–Crippen MR) is 559 cm³/mol. The molecule has 0 saturated carbocycles. The molecule has 19 nitrogen and oxygen atoms in total. The van der Waals surface area contributed by atoms with Gasteiger partial charge in [-0.05, 0) is 252 Å². The molecule has 0 fully saturated rings. The standard InChI is InChI=1S/C45H35N7.C39H29N5.C37H27N7/c1-28-10-14-33(24-46-28)37-18-38(34-15-11-29(2)47-25-34)21-41(20-37)44-50-43(32-8-6-5-7-9-32)51-45(52-44)42-22-39(35-16-12-30(3)48-26-35)19-40(23-42)36-17-13-31(4)49-27-36;1-26-11-6-21-35(40-26)30-16-9-19-33(24-30)38-42-37(32-18-8-15-29(23-32)28-13-4-3-5-14-28)43-39(44-38)34-20-10-17-31(25-34)36-22-7-12-27(2)41-36;1-24-8-6-12-33(40-24)31-20-18-29(22-38-31)36-42-35(28-16-14-27(15-17-28)26-10-4-3-5-11-26)43-37(44-36)30-19-21-32(39-23-30)34-13-7-9-25(2)41-34/h5-27H,1-4H3;3-25H,1-2H3;3-23H,1-2H3. The van der Waals surface area contributed by atoms with Crippen molar-refractivity contribution in [2.75, 3.05) is 0 Å². The van der Waals surface area contributed by atoms with Gasteiger partial charge in [-0.15, -0.1) is 0 Å². The fourth-order valence-electron chi connectivity index (χ4n) is 16.3. The minimum Gasteiger partial charge on any atom is -0.261 e. The van der Waals surface area contributed by atoms with Crippen LogP contribution in [0.15, 0.2) is 407 Å². The van der Waals surface area contributed by atoms with Crippen molar-refractivity contribution >= 4 is 0 Å². The molecule has 0 saturated heterocycles. The van der Waals surface area contributed by atoms with Gasteiger partial charge in [0.15, 0.2) is 52.4 Å². The summed E-state index contributed by atoms with van der Waals surface area (Å²) in [5, 5.41) is 0. The van der Waals surface area contributed by atoms with E-state index < -0.39 is 0 Å². The third kappa shape index (κ3) is 21.2. The first-order valence-corrected chi connectivity index (χ1v) is 46.1. The van der Waals surface area contributed by atoms with E-state index >= 15 is 0 Å². The molecule has 140 heavy (non-hydrogen) atoms. The largest absolute Gasteiger partial charge is 0.261 e. The summed E-state index contributed by atoms with van der Waals surface area (Å²) in [6, 6.07) is 125. The van der Waals surface area contributed by atoms with Gasteiger partial charge >= 0.3 is 0 Å². The Bertz CT molecular complexity index is 7700. The quantitative estimate of drug-likeness (QED) is 0.0730. The Balaban J connectivity index is 0.000000130. The Morgan fingerprint density at radius 2 is 0.321 bits per heavy atom. The van der Waals surface area contributed by atoms with Crippen LogP contribution in [0.25, 0.3) is 215 Å². The molecular weight excluding hydrogens is 1720 g/mol. The maximum atomic E-state index is 5.21. The number of aromatic nitrogens is 19. The lowest BCUT2D eigenvalue weighted by molar-refractivity contribution is 1.07. The molecule has 0 amide bonds. The van der Waals surface area contributed by atoms with Crippen molar-refractivity contribution in [3.63, 3.8) is 0 Å².